The third-order valence-electron chi connectivity index (χ3n) is 9.67. The van der Waals surface area contributed by atoms with E-state index in [0.29, 0.717) is 51.2 Å². The molecule has 8 rings (SSSR count). The van der Waals surface area contributed by atoms with E-state index in [-0.39, 0.29) is 30.4 Å². The summed E-state index contributed by atoms with van der Waals surface area (Å²) in [7, 11) is 0. The summed E-state index contributed by atoms with van der Waals surface area (Å²) in [6.07, 6.45) is 7.16. The van der Waals surface area contributed by atoms with Crippen molar-refractivity contribution in [3.05, 3.63) is 102 Å². The number of fused-ring (bicyclic) bond motifs is 2. The topological polar surface area (TPSA) is 185 Å². The molecule has 6 heterocycles. The van der Waals surface area contributed by atoms with E-state index in [1.807, 2.05) is 28.8 Å². The van der Waals surface area contributed by atoms with Crippen LogP contribution >= 0.6 is 11.8 Å². The Labute approximate surface area is 301 Å². The van der Waals surface area contributed by atoms with Crippen LogP contribution < -0.4 is 16.4 Å². The van der Waals surface area contributed by atoms with Gasteiger partial charge < -0.3 is 11.1 Å². The number of pyridine rings is 1. The maximum Gasteiger partial charge on any atom is 0.263 e. The van der Waals surface area contributed by atoms with Crippen LogP contribution in [-0.4, -0.2) is 83.6 Å². The molecular weight excluding hydrogens is 683 g/mol. The molecule has 2 saturated heterocycles. The van der Waals surface area contributed by atoms with Crippen LogP contribution in [0.2, 0.25) is 0 Å². The van der Waals surface area contributed by atoms with Gasteiger partial charge in [0.1, 0.15) is 34.7 Å². The molecule has 14 nitrogen and oxygen atoms in total. The summed E-state index contributed by atoms with van der Waals surface area (Å²) < 4.78 is 1.99. The molecule has 4 N–H and O–H groups in total. The fraction of sp³-hybridized carbons (Fsp3) is 0.243. The summed E-state index contributed by atoms with van der Waals surface area (Å²) >= 11 is 1.49. The van der Waals surface area contributed by atoms with Gasteiger partial charge in [-0.3, -0.25) is 43.5 Å². The minimum absolute atomic E-state index is 0.0141. The van der Waals surface area contributed by atoms with Gasteiger partial charge in [0.2, 0.25) is 11.8 Å². The number of likely N-dealkylation sites (tertiary alicyclic amines) is 1. The van der Waals surface area contributed by atoms with E-state index < -0.39 is 29.7 Å². The number of carbonyl (C=O) groups excluding carboxylic acids is 5. The molecule has 3 aliphatic heterocycles. The van der Waals surface area contributed by atoms with E-state index in [4.69, 9.17) is 10.7 Å². The number of hydrogen-bond donors (Lipinski definition) is 3. The zero-order chi connectivity index (χ0) is 35.9. The highest BCUT2D eigenvalue weighted by molar-refractivity contribution is 7.99. The van der Waals surface area contributed by atoms with Gasteiger partial charge in [0.25, 0.3) is 17.7 Å². The Morgan fingerprint density at radius 2 is 1.79 bits per heavy atom. The smallest absolute Gasteiger partial charge is 0.263 e. The number of piperidine rings is 1. The Balaban J connectivity index is 0.994. The largest absolute Gasteiger partial charge is 0.382 e. The van der Waals surface area contributed by atoms with Crippen LogP contribution in [0, 0.1) is 0 Å². The molecule has 1 unspecified atom stereocenters. The number of thioether (sulfide) groups is 1. The summed E-state index contributed by atoms with van der Waals surface area (Å²) in [5, 5.41) is 5.04. The highest BCUT2D eigenvalue weighted by Crippen LogP contribution is 2.38. The van der Waals surface area contributed by atoms with Crippen molar-refractivity contribution in [1.82, 2.24) is 34.5 Å². The third-order valence-corrected chi connectivity index (χ3v) is 10.7. The Hall–Kier alpha value is -5.93. The lowest BCUT2D eigenvalue weighted by Crippen LogP contribution is -2.54. The van der Waals surface area contributed by atoms with Crippen molar-refractivity contribution in [3.63, 3.8) is 0 Å². The monoisotopic (exact) mass is 715 g/mol. The molecule has 5 aromatic rings. The maximum atomic E-state index is 13.6. The van der Waals surface area contributed by atoms with Crippen molar-refractivity contribution < 1.29 is 24.0 Å². The number of amides is 5. The number of benzene rings is 2. The number of imide groups is 2. The van der Waals surface area contributed by atoms with Crippen LogP contribution in [0.3, 0.4) is 0 Å². The number of nitrogens with two attached hydrogens (primary N) is 1. The average molecular weight is 716 g/mol. The number of nitrogen functional groups attached to an aromatic ring is 1. The van der Waals surface area contributed by atoms with Gasteiger partial charge in [0.15, 0.2) is 0 Å². The lowest BCUT2D eigenvalue weighted by atomic mass is 10.0. The molecule has 0 saturated carbocycles. The molecule has 262 valence electrons. The highest BCUT2D eigenvalue weighted by atomic mass is 32.2. The number of anilines is 2. The Bertz CT molecular complexity index is 2260. The summed E-state index contributed by atoms with van der Waals surface area (Å²) in [5.74, 6) is -0.0711. The highest BCUT2D eigenvalue weighted by Gasteiger charge is 2.45. The van der Waals surface area contributed by atoms with Crippen molar-refractivity contribution in [1.29, 1.82) is 0 Å². The van der Waals surface area contributed by atoms with E-state index >= 15 is 0 Å². The second-order valence-corrected chi connectivity index (χ2v) is 13.9. The quantitative estimate of drug-likeness (QED) is 0.148. The first-order chi connectivity index (χ1) is 25.3. The van der Waals surface area contributed by atoms with E-state index in [2.05, 4.69) is 25.5 Å². The zero-order valence-electron chi connectivity index (χ0n) is 27.8. The van der Waals surface area contributed by atoms with Gasteiger partial charge in [-0.2, -0.15) is 0 Å². The predicted octanol–water partition coefficient (Wildman–Crippen LogP) is 3.96. The molecule has 2 aromatic carbocycles. The maximum absolute atomic E-state index is 13.6. The van der Waals surface area contributed by atoms with Crippen molar-refractivity contribution >= 4 is 58.5 Å². The van der Waals surface area contributed by atoms with E-state index in [0.717, 1.165) is 35.7 Å². The number of nitrogens with one attached hydrogen (secondary N) is 2. The first-order valence-electron chi connectivity index (χ1n) is 16.9. The molecule has 15 heteroatoms. The number of hydrogen-bond acceptors (Lipinski definition) is 11. The van der Waals surface area contributed by atoms with Crippen LogP contribution in [0.4, 0.5) is 11.6 Å². The van der Waals surface area contributed by atoms with Crippen molar-refractivity contribution in [2.75, 3.05) is 29.9 Å². The molecular formula is C37H33N9O5S. The molecule has 52 heavy (non-hydrogen) atoms. The lowest BCUT2D eigenvalue weighted by Gasteiger charge is -2.27. The number of carbonyl (C=O) groups is 5. The first kappa shape index (κ1) is 33.2. The number of imidazole rings is 1. The second kappa shape index (κ2) is 13.7. The SMILES string of the molecule is Nc1nccn2c([C@@H]3CCCN3CCSc3cccc4c3C(=O)N(C3CCC(=O)NC3=O)C4=O)nc(-c3ccc(C(=O)Nc4ccccn4)cc3)c12. The molecule has 0 bridgehead atoms. The molecule has 3 aliphatic rings. The van der Waals surface area contributed by atoms with Gasteiger partial charge >= 0.3 is 0 Å². The Morgan fingerprint density at radius 3 is 2.58 bits per heavy atom. The van der Waals surface area contributed by atoms with Gasteiger partial charge in [-0.15, -0.1) is 11.8 Å². The van der Waals surface area contributed by atoms with Gasteiger partial charge in [0.05, 0.1) is 17.2 Å². The Morgan fingerprint density at radius 1 is 0.942 bits per heavy atom. The van der Waals surface area contributed by atoms with Crippen molar-refractivity contribution in [2.24, 2.45) is 0 Å². The molecule has 5 amide bonds. The summed E-state index contributed by atoms with van der Waals surface area (Å²) in [6.45, 7) is 1.53. The summed E-state index contributed by atoms with van der Waals surface area (Å²) in [6, 6.07) is 16.6. The number of nitrogens with zero attached hydrogens (tertiary/aromatic N) is 6. The van der Waals surface area contributed by atoms with Crippen LogP contribution in [-0.2, 0) is 9.59 Å². The van der Waals surface area contributed by atoms with Gasteiger partial charge in [0, 0.05) is 53.3 Å². The summed E-state index contributed by atoms with van der Waals surface area (Å²) in [5.41, 5.74) is 9.62. The van der Waals surface area contributed by atoms with Gasteiger partial charge in [-0.1, -0.05) is 24.3 Å². The van der Waals surface area contributed by atoms with Crippen LogP contribution in [0.15, 0.2) is 84.1 Å². The van der Waals surface area contributed by atoms with Crippen LogP contribution in [0.5, 0.6) is 0 Å². The van der Waals surface area contributed by atoms with E-state index in [1.54, 1.807) is 54.9 Å². The van der Waals surface area contributed by atoms with E-state index in [1.165, 1.54) is 11.8 Å². The van der Waals surface area contributed by atoms with Gasteiger partial charge in [-0.25, -0.2) is 15.0 Å². The number of rotatable bonds is 9. The summed E-state index contributed by atoms with van der Waals surface area (Å²) in [4.78, 5) is 81.6. The Kier molecular flexibility index (Phi) is 8.72. The standard InChI is InChI=1S/C37H33N9O5S/c38-32-31-30(21-9-11-22(12-10-21)34(48)41-27-8-1-2-15-39-27)43-33(45(31)18-16-40-32)24-6-4-17-44(24)19-20-52-26-7-3-5-23-29(26)37(51)46(36(23)50)25-13-14-28(47)42-35(25)49/h1-3,5,7-12,15-16,18,24-25H,4,6,13-14,17,19-20H2,(H2,38,40)(H,39,41,48)(H,42,47,49)/t24-,25?/m0/s1. The zero-order valence-corrected chi connectivity index (χ0v) is 28.6. The third kappa shape index (κ3) is 5.96. The molecule has 0 aliphatic carbocycles. The normalized spacial score (nSPS) is 19.0. The van der Waals surface area contributed by atoms with E-state index in [9.17, 15) is 24.0 Å². The molecule has 2 fully saturated rings. The average Bonchev–Trinajstić information content (AvgIpc) is 3.84. The van der Waals surface area contributed by atoms with Crippen molar-refractivity contribution in [3.8, 4) is 11.3 Å². The number of aromatic nitrogens is 4. The van der Waals surface area contributed by atoms with Crippen molar-refractivity contribution in [2.45, 2.75) is 42.7 Å². The molecule has 2 atom stereocenters. The molecule has 3 aromatic heterocycles. The molecule has 0 spiro atoms. The van der Waals surface area contributed by atoms with Gasteiger partial charge in [-0.05, 0) is 62.2 Å². The predicted molar refractivity (Wildman–Crippen MR) is 192 cm³/mol. The fourth-order valence-corrected chi connectivity index (χ4v) is 8.25. The fourth-order valence-electron chi connectivity index (χ4n) is 7.19. The minimum atomic E-state index is -1.01. The van der Waals surface area contributed by atoms with Crippen LogP contribution in [0.1, 0.15) is 68.6 Å². The minimum Gasteiger partial charge on any atom is -0.382 e. The molecule has 0 radical (unpaired) electrons. The first-order valence-corrected chi connectivity index (χ1v) is 17.9. The second-order valence-electron chi connectivity index (χ2n) is 12.8. The lowest BCUT2D eigenvalue weighted by molar-refractivity contribution is -0.136. The van der Waals surface area contributed by atoms with Crippen LogP contribution in [0.25, 0.3) is 16.8 Å².